The van der Waals surface area contributed by atoms with E-state index in [2.05, 4.69) is 15.6 Å². The molecule has 0 spiro atoms. The predicted molar refractivity (Wildman–Crippen MR) is 63.1 cm³/mol. The fourth-order valence-electron chi connectivity index (χ4n) is 2.09. The molecule has 4 nitrogen and oxygen atoms in total. The summed E-state index contributed by atoms with van der Waals surface area (Å²) < 4.78 is 0. The van der Waals surface area contributed by atoms with Crippen LogP contribution in [0.25, 0.3) is 0 Å². The first-order valence-corrected chi connectivity index (χ1v) is 5.97. The zero-order chi connectivity index (χ0) is 11.2. The molecule has 88 valence electrons. The minimum Gasteiger partial charge on any atom is -0.365 e. The van der Waals surface area contributed by atoms with Crippen molar-refractivity contribution in [1.82, 2.24) is 15.6 Å². The zero-order valence-electron chi connectivity index (χ0n) is 9.46. The van der Waals surface area contributed by atoms with Gasteiger partial charge in [-0.05, 0) is 31.5 Å². The second-order valence-electron chi connectivity index (χ2n) is 4.29. The summed E-state index contributed by atoms with van der Waals surface area (Å²) in [5, 5.41) is 6.27. The van der Waals surface area contributed by atoms with Crippen LogP contribution in [-0.4, -0.2) is 30.0 Å². The number of H-pyrrole nitrogens is 1. The van der Waals surface area contributed by atoms with Crippen LogP contribution in [0.2, 0.25) is 0 Å². The first kappa shape index (κ1) is 11.2. The molecular weight excluding hydrogens is 202 g/mol. The highest BCUT2D eigenvalue weighted by Gasteiger charge is 2.16. The van der Waals surface area contributed by atoms with E-state index in [9.17, 15) is 4.79 Å². The SMILES string of the molecule is O=C(CC1CCCN1)NCCc1ccc[nH]1. The molecule has 1 fully saturated rings. The van der Waals surface area contributed by atoms with Crippen LogP contribution in [0.3, 0.4) is 0 Å². The van der Waals surface area contributed by atoms with Gasteiger partial charge < -0.3 is 15.6 Å². The summed E-state index contributed by atoms with van der Waals surface area (Å²) in [6, 6.07) is 4.40. The second kappa shape index (κ2) is 5.70. The van der Waals surface area contributed by atoms with E-state index in [1.165, 1.54) is 12.1 Å². The summed E-state index contributed by atoms with van der Waals surface area (Å²) in [5.74, 6) is 0.158. The van der Waals surface area contributed by atoms with Crippen LogP contribution in [0.4, 0.5) is 0 Å². The van der Waals surface area contributed by atoms with Gasteiger partial charge >= 0.3 is 0 Å². The lowest BCUT2D eigenvalue weighted by atomic mass is 10.1. The minimum absolute atomic E-state index is 0.158. The van der Waals surface area contributed by atoms with Gasteiger partial charge in [0.1, 0.15) is 0 Å². The third kappa shape index (κ3) is 3.38. The van der Waals surface area contributed by atoms with Crippen molar-refractivity contribution in [2.75, 3.05) is 13.1 Å². The molecular formula is C12H19N3O. The Morgan fingerprint density at radius 1 is 1.56 bits per heavy atom. The average molecular weight is 221 g/mol. The van der Waals surface area contributed by atoms with Crippen molar-refractivity contribution >= 4 is 5.91 Å². The predicted octanol–water partition coefficient (Wildman–Crippen LogP) is 0.815. The second-order valence-corrected chi connectivity index (χ2v) is 4.29. The van der Waals surface area contributed by atoms with E-state index in [1.807, 2.05) is 18.3 Å². The summed E-state index contributed by atoms with van der Waals surface area (Å²) in [6.45, 7) is 1.77. The first-order valence-electron chi connectivity index (χ1n) is 5.97. The molecule has 2 rings (SSSR count). The maximum atomic E-state index is 11.6. The highest BCUT2D eigenvalue weighted by atomic mass is 16.1. The molecule has 1 amide bonds. The molecule has 0 bridgehead atoms. The molecule has 0 saturated carbocycles. The van der Waals surface area contributed by atoms with E-state index in [0.717, 1.165) is 19.4 Å². The zero-order valence-corrected chi connectivity index (χ0v) is 9.46. The largest absolute Gasteiger partial charge is 0.365 e. The molecule has 1 aliphatic rings. The lowest BCUT2D eigenvalue weighted by Crippen LogP contribution is -2.32. The normalized spacial score (nSPS) is 19.9. The molecule has 4 heteroatoms. The van der Waals surface area contributed by atoms with Crippen LogP contribution in [0, 0.1) is 0 Å². The van der Waals surface area contributed by atoms with Crippen LogP contribution in [0.1, 0.15) is 25.0 Å². The van der Waals surface area contributed by atoms with Crippen molar-refractivity contribution in [3.63, 3.8) is 0 Å². The molecule has 1 atom stereocenters. The number of carbonyl (C=O) groups is 1. The minimum atomic E-state index is 0.158. The Morgan fingerprint density at radius 3 is 3.19 bits per heavy atom. The topological polar surface area (TPSA) is 56.9 Å². The highest BCUT2D eigenvalue weighted by Crippen LogP contribution is 2.08. The van der Waals surface area contributed by atoms with E-state index in [-0.39, 0.29) is 5.91 Å². The van der Waals surface area contributed by atoms with E-state index >= 15 is 0 Å². The monoisotopic (exact) mass is 221 g/mol. The van der Waals surface area contributed by atoms with Gasteiger partial charge in [-0.25, -0.2) is 0 Å². The average Bonchev–Trinajstić information content (AvgIpc) is 2.90. The molecule has 0 radical (unpaired) electrons. The van der Waals surface area contributed by atoms with Gasteiger partial charge in [0.25, 0.3) is 0 Å². The summed E-state index contributed by atoms with van der Waals surface area (Å²) in [4.78, 5) is 14.7. The fourth-order valence-corrected chi connectivity index (χ4v) is 2.09. The Balaban J connectivity index is 1.60. The van der Waals surface area contributed by atoms with Crippen molar-refractivity contribution in [2.24, 2.45) is 0 Å². The van der Waals surface area contributed by atoms with Crippen LogP contribution >= 0.6 is 0 Å². The molecule has 16 heavy (non-hydrogen) atoms. The van der Waals surface area contributed by atoms with Crippen molar-refractivity contribution in [2.45, 2.75) is 31.7 Å². The molecule has 1 aromatic heterocycles. The van der Waals surface area contributed by atoms with Crippen molar-refractivity contribution in [1.29, 1.82) is 0 Å². The number of amides is 1. The maximum Gasteiger partial charge on any atom is 0.221 e. The van der Waals surface area contributed by atoms with Crippen LogP contribution in [0.5, 0.6) is 0 Å². The highest BCUT2D eigenvalue weighted by molar-refractivity contribution is 5.76. The number of aromatic nitrogens is 1. The van der Waals surface area contributed by atoms with Gasteiger partial charge in [0.15, 0.2) is 0 Å². The van der Waals surface area contributed by atoms with Gasteiger partial charge in [-0.2, -0.15) is 0 Å². The molecule has 1 aromatic rings. The molecule has 1 aliphatic heterocycles. The molecule has 1 saturated heterocycles. The lowest BCUT2D eigenvalue weighted by Gasteiger charge is -2.09. The Bertz CT molecular complexity index is 315. The first-order chi connectivity index (χ1) is 7.84. The Morgan fingerprint density at radius 2 is 2.50 bits per heavy atom. The smallest absolute Gasteiger partial charge is 0.221 e. The van der Waals surface area contributed by atoms with Crippen LogP contribution in [-0.2, 0) is 11.2 Å². The van der Waals surface area contributed by atoms with Gasteiger partial charge in [-0.15, -0.1) is 0 Å². The maximum absolute atomic E-state index is 11.6. The summed E-state index contributed by atoms with van der Waals surface area (Å²) >= 11 is 0. The van der Waals surface area contributed by atoms with E-state index in [0.29, 0.717) is 19.0 Å². The fraction of sp³-hybridized carbons (Fsp3) is 0.583. The molecule has 0 aromatic carbocycles. The summed E-state index contributed by atoms with van der Waals surface area (Å²) in [6.07, 6.45) is 5.71. The third-order valence-electron chi connectivity index (χ3n) is 2.97. The molecule has 1 unspecified atom stereocenters. The Labute approximate surface area is 95.8 Å². The number of nitrogens with one attached hydrogen (secondary N) is 3. The number of aromatic amines is 1. The number of hydrogen-bond acceptors (Lipinski definition) is 2. The number of rotatable bonds is 5. The quantitative estimate of drug-likeness (QED) is 0.689. The lowest BCUT2D eigenvalue weighted by molar-refractivity contribution is -0.121. The van der Waals surface area contributed by atoms with Gasteiger partial charge in [0.05, 0.1) is 0 Å². The molecule has 3 N–H and O–H groups in total. The van der Waals surface area contributed by atoms with Gasteiger partial charge in [-0.1, -0.05) is 0 Å². The Hall–Kier alpha value is -1.29. The van der Waals surface area contributed by atoms with E-state index in [1.54, 1.807) is 0 Å². The van der Waals surface area contributed by atoms with Gasteiger partial charge in [0, 0.05) is 37.3 Å². The van der Waals surface area contributed by atoms with Crippen molar-refractivity contribution < 1.29 is 4.79 Å². The summed E-state index contributed by atoms with van der Waals surface area (Å²) in [7, 11) is 0. The molecule has 2 heterocycles. The van der Waals surface area contributed by atoms with Crippen LogP contribution in [0.15, 0.2) is 18.3 Å². The van der Waals surface area contributed by atoms with Crippen molar-refractivity contribution in [3.05, 3.63) is 24.0 Å². The van der Waals surface area contributed by atoms with E-state index in [4.69, 9.17) is 0 Å². The Kier molecular flexibility index (Phi) is 3.99. The number of carbonyl (C=O) groups excluding carboxylic acids is 1. The standard InChI is InChI=1S/C12H19N3O/c16-12(9-11-4-2-7-14-11)15-8-5-10-3-1-6-13-10/h1,3,6,11,13-14H,2,4-5,7-9H2,(H,15,16). The van der Waals surface area contributed by atoms with Crippen molar-refractivity contribution in [3.8, 4) is 0 Å². The van der Waals surface area contributed by atoms with Crippen LogP contribution < -0.4 is 10.6 Å². The molecule has 0 aliphatic carbocycles. The van der Waals surface area contributed by atoms with Gasteiger partial charge in [0.2, 0.25) is 5.91 Å². The summed E-state index contributed by atoms with van der Waals surface area (Å²) in [5.41, 5.74) is 1.17. The van der Waals surface area contributed by atoms with Gasteiger partial charge in [-0.3, -0.25) is 4.79 Å². The van der Waals surface area contributed by atoms with E-state index < -0.39 is 0 Å². The number of hydrogen-bond donors (Lipinski definition) is 3. The third-order valence-corrected chi connectivity index (χ3v) is 2.97.